The molecule has 0 aliphatic rings. The molecule has 1 unspecified atom stereocenters. The van der Waals surface area contributed by atoms with Crippen LogP contribution < -0.4 is 0 Å². The third-order valence-electron chi connectivity index (χ3n) is 1.50. The van der Waals surface area contributed by atoms with Crippen molar-refractivity contribution < 1.29 is 30.9 Å². The van der Waals surface area contributed by atoms with E-state index in [1.807, 2.05) is 0 Å². The van der Waals surface area contributed by atoms with Gasteiger partial charge in [-0.2, -0.15) is 8.42 Å². The van der Waals surface area contributed by atoms with Gasteiger partial charge >= 0.3 is 41.5 Å². The van der Waals surface area contributed by atoms with Crippen molar-refractivity contribution in [2.75, 3.05) is 11.5 Å². The number of hydrogen-bond acceptors (Lipinski definition) is 8. The average Bonchev–Trinajstić information content (AvgIpc) is 2.28. The first-order valence-corrected chi connectivity index (χ1v) is 8.27. The van der Waals surface area contributed by atoms with E-state index in [0.29, 0.717) is 11.5 Å². The molecule has 0 radical (unpaired) electrons. The van der Waals surface area contributed by atoms with E-state index in [1.54, 1.807) is 13.8 Å². The Hall–Kier alpha value is 0.550. The Morgan fingerprint density at radius 3 is 2.05 bits per heavy atom. The SMILES string of the molecule is CCSOC(=O)CC(C(=O)OSCC)S(=O)(=O)O.[NaH]. The first kappa shape index (κ1) is 21.8. The third kappa shape index (κ3) is 9.99. The molecule has 108 valence electrons. The van der Waals surface area contributed by atoms with E-state index < -0.39 is 33.7 Å². The summed E-state index contributed by atoms with van der Waals surface area (Å²) in [6.45, 7) is 3.41. The van der Waals surface area contributed by atoms with Gasteiger partial charge in [0.25, 0.3) is 10.1 Å². The van der Waals surface area contributed by atoms with Crippen molar-refractivity contribution in [1.82, 2.24) is 0 Å². The number of hydrogen-bond donors (Lipinski definition) is 1. The summed E-state index contributed by atoms with van der Waals surface area (Å²) in [5.41, 5.74) is 0. The van der Waals surface area contributed by atoms with Crippen LogP contribution in [0.3, 0.4) is 0 Å². The van der Waals surface area contributed by atoms with Crippen LogP contribution in [0.5, 0.6) is 0 Å². The Morgan fingerprint density at radius 1 is 1.16 bits per heavy atom. The summed E-state index contributed by atoms with van der Waals surface area (Å²) in [6.07, 6.45) is -0.783. The van der Waals surface area contributed by atoms with Gasteiger partial charge < -0.3 is 8.37 Å². The topological polar surface area (TPSA) is 107 Å². The van der Waals surface area contributed by atoms with Gasteiger partial charge in [0.15, 0.2) is 5.25 Å². The van der Waals surface area contributed by atoms with Gasteiger partial charge in [0.05, 0.1) is 30.5 Å². The van der Waals surface area contributed by atoms with Gasteiger partial charge in [-0.05, 0) is 0 Å². The molecule has 0 heterocycles. The molecule has 0 aliphatic heterocycles. The van der Waals surface area contributed by atoms with Crippen molar-refractivity contribution in [3.05, 3.63) is 0 Å². The van der Waals surface area contributed by atoms with E-state index in [1.165, 1.54) is 0 Å². The van der Waals surface area contributed by atoms with Crippen LogP contribution in [0.15, 0.2) is 0 Å². The summed E-state index contributed by atoms with van der Waals surface area (Å²) < 4.78 is 39.9. The predicted octanol–water partition coefficient (Wildman–Crippen LogP) is 0.407. The minimum absolute atomic E-state index is 0. The van der Waals surface area contributed by atoms with Gasteiger partial charge in [-0.3, -0.25) is 9.35 Å². The fraction of sp³-hybridized carbons (Fsp3) is 0.750. The van der Waals surface area contributed by atoms with Crippen LogP contribution in [-0.4, -0.2) is 71.2 Å². The quantitative estimate of drug-likeness (QED) is 0.381. The van der Waals surface area contributed by atoms with Crippen molar-refractivity contribution in [3.63, 3.8) is 0 Å². The zero-order valence-electron chi connectivity index (χ0n) is 9.82. The average molecular weight is 342 g/mol. The molecule has 19 heavy (non-hydrogen) atoms. The Kier molecular flexibility index (Phi) is 12.9. The van der Waals surface area contributed by atoms with E-state index in [0.717, 1.165) is 24.1 Å². The number of rotatable bonds is 8. The zero-order valence-corrected chi connectivity index (χ0v) is 12.3. The molecule has 1 atom stereocenters. The van der Waals surface area contributed by atoms with Crippen molar-refractivity contribution in [2.45, 2.75) is 25.5 Å². The van der Waals surface area contributed by atoms with Crippen LogP contribution in [0, 0.1) is 0 Å². The Bertz CT molecular complexity index is 384. The standard InChI is InChI=1S/C8H14O7S3.Na.H/c1-3-16-14-7(9)5-6(18(11,12)13)8(10)15-17-4-2;;/h6H,3-5H2,1-2H3,(H,11,12,13);;. The second-order valence-corrected chi connectivity index (χ2v) is 6.44. The van der Waals surface area contributed by atoms with E-state index in [-0.39, 0.29) is 29.6 Å². The van der Waals surface area contributed by atoms with Gasteiger partial charge in [0.2, 0.25) is 0 Å². The zero-order chi connectivity index (χ0) is 14.2. The molecule has 0 fully saturated rings. The molecule has 0 rings (SSSR count). The summed E-state index contributed by atoms with van der Waals surface area (Å²) in [5, 5.41) is -1.96. The van der Waals surface area contributed by atoms with Gasteiger partial charge in [-0.1, -0.05) is 13.8 Å². The first-order valence-electron chi connectivity index (χ1n) is 4.94. The Balaban J connectivity index is 0. The summed E-state index contributed by atoms with van der Waals surface area (Å²) in [4.78, 5) is 22.6. The summed E-state index contributed by atoms with van der Waals surface area (Å²) in [7, 11) is -4.71. The molecule has 0 aromatic carbocycles. The van der Waals surface area contributed by atoms with Crippen molar-refractivity contribution in [2.24, 2.45) is 0 Å². The molecular formula is C8H15NaO7S3. The molecule has 1 N–H and O–H groups in total. The molecule has 0 saturated heterocycles. The van der Waals surface area contributed by atoms with Crippen LogP contribution >= 0.6 is 24.1 Å². The van der Waals surface area contributed by atoms with Gasteiger partial charge in [0.1, 0.15) is 0 Å². The predicted molar refractivity (Wildman–Crippen MR) is 75.6 cm³/mol. The molecule has 0 spiro atoms. The maximum atomic E-state index is 11.4. The summed E-state index contributed by atoms with van der Waals surface area (Å²) in [6, 6.07) is 0. The van der Waals surface area contributed by atoms with Crippen molar-refractivity contribution >= 4 is 75.7 Å². The van der Waals surface area contributed by atoms with Crippen LogP contribution in [-0.2, 0) is 28.1 Å². The number of carbonyl (C=O) groups excluding carboxylic acids is 2. The molecule has 0 saturated carbocycles. The van der Waals surface area contributed by atoms with Crippen LogP contribution in [0.1, 0.15) is 20.3 Å². The normalized spacial score (nSPS) is 12.2. The van der Waals surface area contributed by atoms with Crippen LogP contribution in [0.4, 0.5) is 0 Å². The monoisotopic (exact) mass is 342 g/mol. The first-order chi connectivity index (χ1) is 8.32. The molecule has 0 bridgehead atoms. The van der Waals surface area contributed by atoms with Gasteiger partial charge in [-0.25, -0.2) is 4.79 Å². The number of carbonyl (C=O) groups is 2. The fourth-order valence-corrected chi connectivity index (χ4v) is 2.16. The molecule has 0 aromatic rings. The minimum atomic E-state index is -4.71. The van der Waals surface area contributed by atoms with Gasteiger partial charge in [-0.15, -0.1) is 0 Å². The second-order valence-electron chi connectivity index (χ2n) is 2.88. The fourth-order valence-electron chi connectivity index (χ4n) is 0.791. The summed E-state index contributed by atoms with van der Waals surface area (Å²) >= 11 is 1.54. The molecular weight excluding hydrogens is 327 g/mol. The Labute approximate surface area is 143 Å². The summed E-state index contributed by atoms with van der Waals surface area (Å²) in [5.74, 6) is -1.20. The van der Waals surface area contributed by atoms with Crippen LogP contribution in [0.25, 0.3) is 0 Å². The molecule has 0 aliphatic carbocycles. The van der Waals surface area contributed by atoms with Gasteiger partial charge in [0, 0.05) is 11.5 Å². The molecule has 0 aromatic heterocycles. The van der Waals surface area contributed by atoms with Crippen molar-refractivity contribution in [1.29, 1.82) is 0 Å². The van der Waals surface area contributed by atoms with E-state index in [2.05, 4.69) is 8.37 Å². The molecule has 0 amide bonds. The Morgan fingerprint density at radius 2 is 1.63 bits per heavy atom. The van der Waals surface area contributed by atoms with E-state index in [9.17, 15) is 18.0 Å². The van der Waals surface area contributed by atoms with Crippen molar-refractivity contribution in [3.8, 4) is 0 Å². The van der Waals surface area contributed by atoms with Crippen LogP contribution in [0.2, 0.25) is 0 Å². The van der Waals surface area contributed by atoms with E-state index >= 15 is 0 Å². The van der Waals surface area contributed by atoms with E-state index in [4.69, 9.17) is 4.55 Å². The molecule has 11 heteroatoms. The molecule has 7 nitrogen and oxygen atoms in total. The second kappa shape index (κ2) is 11.2. The maximum absolute atomic E-state index is 11.4. The third-order valence-corrected chi connectivity index (χ3v) is 3.64.